The van der Waals surface area contributed by atoms with Crippen molar-refractivity contribution >= 4 is 0 Å². The molecule has 0 aliphatic carbocycles. The van der Waals surface area contributed by atoms with Crippen LogP contribution in [0.15, 0.2) is 18.3 Å². The molecule has 1 aromatic heterocycles. The average molecular weight is 193 g/mol. The van der Waals surface area contributed by atoms with Gasteiger partial charge < -0.3 is 15.2 Å². The summed E-state index contributed by atoms with van der Waals surface area (Å²) < 4.78 is 0. The first-order valence-electron chi connectivity index (χ1n) is 5.39. The molecule has 2 heterocycles. The van der Waals surface area contributed by atoms with Crippen LogP contribution in [0.5, 0.6) is 0 Å². The molecule has 1 saturated heterocycles. The molecule has 0 spiro atoms. The third-order valence-electron chi connectivity index (χ3n) is 2.96. The van der Waals surface area contributed by atoms with E-state index in [1.165, 1.54) is 31.6 Å². The summed E-state index contributed by atoms with van der Waals surface area (Å²) in [5, 5.41) is 3.59. The Morgan fingerprint density at radius 1 is 1.50 bits per heavy atom. The van der Waals surface area contributed by atoms with E-state index in [0.29, 0.717) is 6.04 Å². The molecule has 0 bridgehead atoms. The van der Waals surface area contributed by atoms with Gasteiger partial charge in [-0.1, -0.05) is 0 Å². The van der Waals surface area contributed by atoms with Crippen molar-refractivity contribution < 1.29 is 0 Å². The number of hydrogen-bond acceptors (Lipinski definition) is 2. The van der Waals surface area contributed by atoms with E-state index in [2.05, 4.69) is 28.3 Å². The van der Waals surface area contributed by atoms with E-state index in [1.807, 2.05) is 12.3 Å². The summed E-state index contributed by atoms with van der Waals surface area (Å²) in [6, 6.07) is 4.88. The fourth-order valence-corrected chi connectivity index (χ4v) is 1.94. The van der Waals surface area contributed by atoms with Crippen molar-refractivity contribution in [3.63, 3.8) is 0 Å². The molecule has 0 unspecified atom stereocenters. The number of piperidine rings is 1. The van der Waals surface area contributed by atoms with Crippen LogP contribution in [-0.2, 0) is 6.54 Å². The molecule has 2 rings (SSSR count). The van der Waals surface area contributed by atoms with Gasteiger partial charge in [-0.25, -0.2) is 0 Å². The highest BCUT2D eigenvalue weighted by Crippen LogP contribution is 2.08. The Balaban J connectivity index is 1.71. The molecule has 1 fully saturated rings. The van der Waals surface area contributed by atoms with Gasteiger partial charge in [-0.3, -0.25) is 0 Å². The standard InChI is InChI=1S/C11H19N3/c1-14-7-4-10(5-8-14)13-9-11-3-2-6-12-11/h2-3,6,10,12-13H,4-5,7-9H2,1H3. The lowest BCUT2D eigenvalue weighted by atomic mass is 10.1. The third-order valence-corrected chi connectivity index (χ3v) is 2.96. The van der Waals surface area contributed by atoms with Crippen molar-refractivity contribution in [1.82, 2.24) is 15.2 Å². The lowest BCUT2D eigenvalue weighted by molar-refractivity contribution is 0.234. The molecule has 1 aliphatic rings. The minimum Gasteiger partial charge on any atom is -0.364 e. The predicted molar refractivity (Wildman–Crippen MR) is 58.2 cm³/mol. The van der Waals surface area contributed by atoms with Gasteiger partial charge in [0.15, 0.2) is 0 Å². The largest absolute Gasteiger partial charge is 0.364 e. The number of aromatic nitrogens is 1. The molecule has 3 heteroatoms. The Morgan fingerprint density at radius 2 is 2.29 bits per heavy atom. The second-order valence-corrected chi connectivity index (χ2v) is 4.15. The van der Waals surface area contributed by atoms with Crippen molar-refractivity contribution in [2.75, 3.05) is 20.1 Å². The summed E-state index contributed by atoms with van der Waals surface area (Å²) in [6.45, 7) is 3.42. The monoisotopic (exact) mass is 193 g/mol. The zero-order valence-electron chi connectivity index (χ0n) is 8.79. The smallest absolute Gasteiger partial charge is 0.0359 e. The number of H-pyrrole nitrogens is 1. The van der Waals surface area contributed by atoms with E-state index < -0.39 is 0 Å². The second kappa shape index (κ2) is 4.62. The summed E-state index contributed by atoms with van der Waals surface area (Å²) in [5.74, 6) is 0. The second-order valence-electron chi connectivity index (χ2n) is 4.15. The number of hydrogen-bond donors (Lipinski definition) is 2. The van der Waals surface area contributed by atoms with Crippen molar-refractivity contribution in [2.24, 2.45) is 0 Å². The molecule has 14 heavy (non-hydrogen) atoms. The molecular weight excluding hydrogens is 174 g/mol. The summed E-state index contributed by atoms with van der Waals surface area (Å²) in [6.07, 6.45) is 4.53. The van der Waals surface area contributed by atoms with Crippen LogP contribution in [0.25, 0.3) is 0 Å². The van der Waals surface area contributed by atoms with Gasteiger partial charge in [-0.05, 0) is 45.1 Å². The molecule has 1 aliphatic heterocycles. The maximum atomic E-state index is 3.59. The van der Waals surface area contributed by atoms with Crippen LogP contribution in [0, 0.1) is 0 Å². The lowest BCUT2D eigenvalue weighted by Crippen LogP contribution is -2.40. The minimum absolute atomic E-state index is 0.703. The molecule has 0 radical (unpaired) electrons. The minimum atomic E-state index is 0.703. The van der Waals surface area contributed by atoms with Crippen molar-refractivity contribution in [3.8, 4) is 0 Å². The number of nitrogens with zero attached hydrogens (tertiary/aromatic N) is 1. The summed E-state index contributed by atoms with van der Waals surface area (Å²) in [4.78, 5) is 5.61. The maximum Gasteiger partial charge on any atom is 0.0359 e. The van der Waals surface area contributed by atoms with Gasteiger partial charge in [-0.15, -0.1) is 0 Å². The number of nitrogens with one attached hydrogen (secondary N) is 2. The molecule has 0 amide bonds. The molecule has 0 aromatic carbocycles. The Labute approximate surface area is 85.5 Å². The molecule has 0 saturated carbocycles. The van der Waals surface area contributed by atoms with E-state index in [4.69, 9.17) is 0 Å². The van der Waals surface area contributed by atoms with Crippen LogP contribution in [0.3, 0.4) is 0 Å². The van der Waals surface area contributed by atoms with Crippen molar-refractivity contribution in [1.29, 1.82) is 0 Å². The summed E-state index contributed by atoms with van der Waals surface area (Å²) >= 11 is 0. The highest BCUT2D eigenvalue weighted by atomic mass is 15.1. The van der Waals surface area contributed by atoms with Gasteiger partial charge in [-0.2, -0.15) is 0 Å². The topological polar surface area (TPSA) is 31.1 Å². The van der Waals surface area contributed by atoms with Crippen LogP contribution < -0.4 is 5.32 Å². The van der Waals surface area contributed by atoms with Gasteiger partial charge in [0.25, 0.3) is 0 Å². The highest BCUT2D eigenvalue weighted by Gasteiger charge is 2.15. The van der Waals surface area contributed by atoms with E-state index in [1.54, 1.807) is 0 Å². The molecule has 0 atom stereocenters. The molecule has 3 nitrogen and oxygen atoms in total. The van der Waals surface area contributed by atoms with Crippen LogP contribution in [0.4, 0.5) is 0 Å². The van der Waals surface area contributed by atoms with E-state index in [0.717, 1.165) is 6.54 Å². The number of aromatic amines is 1. The van der Waals surface area contributed by atoms with Gasteiger partial charge >= 0.3 is 0 Å². The van der Waals surface area contributed by atoms with Crippen LogP contribution in [0.1, 0.15) is 18.5 Å². The van der Waals surface area contributed by atoms with Gasteiger partial charge in [0.1, 0.15) is 0 Å². The van der Waals surface area contributed by atoms with Crippen LogP contribution in [0.2, 0.25) is 0 Å². The maximum absolute atomic E-state index is 3.59. The first kappa shape index (κ1) is 9.74. The van der Waals surface area contributed by atoms with E-state index in [9.17, 15) is 0 Å². The molecule has 1 aromatic rings. The zero-order chi connectivity index (χ0) is 9.80. The lowest BCUT2D eigenvalue weighted by Gasteiger charge is -2.29. The SMILES string of the molecule is CN1CCC(NCc2ccc[nH]2)CC1. The third kappa shape index (κ3) is 2.59. The fraction of sp³-hybridized carbons (Fsp3) is 0.636. The average Bonchev–Trinajstić information content (AvgIpc) is 2.70. The Kier molecular flexibility index (Phi) is 3.22. The number of likely N-dealkylation sites (tertiary alicyclic amines) is 1. The van der Waals surface area contributed by atoms with Crippen molar-refractivity contribution in [2.45, 2.75) is 25.4 Å². The van der Waals surface area contributed by atoms with Crippen LogP contribution in [-0.4, -0.2) is 36.1 Å². The van der Waals surface area contributed by atoms with Gasteiger partial charge in [0.05, 0.1) is 0 Å². The Hall–Kier alpha value is -0.800. The predicted octanol–water partition coefficient (Wildman–Crippen LogP) is 1.20. The first-order valence-corrected chi connectivity index (χ1v) is 5.39. The Bertz CT molecular complexity index is 248. The molecule has 2 N–H and O–H groups in total. The normalized spacial score (nSPS) is 20.1. The first-order chi connectivity index (χ1) is 6.84. The van der Waals surface area contributed by atoms with Gasteiger partial charge in [0.2, 0.25) is 0 Å². The molecule has 78 valence electrons. The van der Waals surface area contributed by atoms with E-state index in [-0.39, 0.29) is 0 Å². The quantitative estimate of drug-likeness (QED) is 0.755. The molecular formula is C11H19N3. The number of rotatable bonds is 3. The highest BCUT2D eigenvalue weighted by molar-refractivity contribution is 5.03. The van der Waals surface area contributed by atoms with Crippen molar-refractivity contribution in [3.05, 3.63) is 24.0 Å². The van der Waals surface area contributed by atoms with Gasteiger partial charge in [0, 0.05) is 24.5 Å². The zero-order valence-corrected chi connectivity index (χ0v) is 8.79. The summed E-state index contributed by atoms with van der Waals surface area (Å²) in [5.41, 5.74) is 1.28. The summed E-state index contributed by atoms with van der Waals surface area (Å²) in [7, 11) is 2.20. The van der Waals surface area contributed by atoms with Crippen LogP contribution >= 0.6 is 0 Å². The Morgan fingerprint density at radius 3 is 2.93 bits per heavy atom. The van der Waals surface area contributed by atoms with E-state index >= 15 is 0 Å². The fourth-order valence-electron chi connectivity index (χ4n) is 1.94.